The number of piperidine rings is 1. The number of nitrogens with one attached hydrogen (secondary N) is 1. The van der Waals surface area contributed by atoms with E-state index in [0.29, 0.717) is 0 Å². The van der Waals surface area contributed by atoms with Crippen molar-refractivity contribution in [2.75, 3.05) is 20.1 Å². The largest absolute Gasteiger partial charge is 0.353 e. The summed E-state index contributed by atoms with van der Waals surface area (Å²) in [6.07, 6.45) is 3.40. The van der Waals surface area contributed by atoms with E-state index in [-0.39, 0.29) is 0 Å². The maximum atomic E-state index is 4.43. The number of nitrogens with zero attached hydrogens (tertiary/aromatic N) is 3. The second-order valence-corrected chi connectivity index (χ2v) is 5.86. The minimum Gasteiger partial charge on any atom is -0.353 e. The summed E-state index contributed by atoms with van der Waals surface area (Å²) in [4.78, 5) is 6.82. The van der Waals surface area contributed by atoms with Gasteiger partial charge in [0.2, 0.25) is 0 Å². The van der Waals surface area contributed by atoms with Crippen LogP contribution in [-0.2, 0) is 13.6 Å². The van der Waals surface area contributed by atoms with Crippen molar-refractivity contribution >= 4 is 5.96 Å². The molecular weight excluding hydrogens is 236 g/mol. The molecule has 2 unspecified atom stereocenters. The van der Waals surface area contributed by atoms with Gasteiger partial charge in [-0.15, -0.1) is 0 Å². The number of hydrogen-bond acceptors (Lipinski definition) is 1. The summed E-state index contributed by atoms with van der Waals surface area (Å²) in [5.74, 6) is 2.52. The number of aliphatic imine (C=N–C) groups is 1. The predicted octanol–water partition coefficient (Wildman–Crippen LogP) is 2.08. The molecule has 2 heterocycles. The summed E-state index contributed by atoms with van der Waals surface area (Å²) >= 11 is 0. The zero-order chi connectivity index (χ0) is 13.8. The lowest BCUT2D eigenvalue weighted by atomic mass is 9.92. The van der Waals surface area contributed by atoms with Gasteiger partial charge in [0, 0.05) is 39.1 Å². The first kappa shape index (κ1) is 14.0. The van der Waals surface area contributed by atoms with E-state index in [0.717, 1.165) is 37.4 Å². The molecule has 1 aliphatic rings. The summed E-state index contributed by atoms with van der Waals surface area (Å²) in [5, 5.41) is 3.48. The molecule has 0 aliphatic carbocycles. The molecule has 106 valence electrons. The minimum absolute atomic E-state index is 0.748. The molecule has 2 atom stereocenters. The number of hydrogen-bond donors (Lipinski definition) is 1. The summed E-state index contributed by atoms with van der Waals surface area (Å²) in [6, 6.07) is 4.21. The molecule has 1 aromatic rings. The Bertz CT molecular complexity index is 425. The molecule has 1 N–H and O–H groups in total. The number of rotatable bonds is 2. The Kier molecular flexibility index (Phi) is 4.51. The Morgan fingerprint density at radius 1 is 1.37 bits per heavy atom. The van der Waals surface area contributed by atoms with Gasteiger partial charge in [-0.05, 0) is 30.4 Å². The van der Waals surface area contributed by atoms with Gasteiger partial charge >= 0.3 is 0 Å². The van der Waals surface area contributed by atoms with Crippen molar-refractivity contribution in [2.24, 2.45) is 23.9 Å². The third kappa shape index (κ3) is 3.52. The van der Waals surface area contributed by atoms with E-state index in [1.165, 1.54) is 12.1 Å². The van der Waals surface area contributed by atoms with Crippen LogP contribution in [0.25, 0.3) is 0 Å². The summed E-state index contributed by atoms with van der Waals surface area (Å²) in [6.45, 7) is 7.70. The van der Waals surface area contributed by atoms with Crippen LogP contribution in [0, 0.1) is 11.8 Å². The van der Waals surface area contributed by atoms with Gasteiger partial charge in [0.25, 0.3) is 0 Å². The topological polar surface area (TPSA) is 32.6 Å². The second-order valence-electron chi connectivity index (χ2n) is 5.86. The molecule has 1 fully saturated rings. The predicted molar refractivity (Wildman–Crippen MR) is 80.1 cm³/mol. The fourth-order valence-corrected chi connectivity index (χ4v) is 3.02. The Hall–Kier alpha value is -1.45. The van der Waals surface area contributed by atoms with Crippen LogP contribution in [0.3, 0.4) is 0 Å². The standard InChI is InChI=1S/C15H26N4/c1-12-8-13(2)11-19(10-12)15(16-3)17-9-14-6-5-7-18(14)4/h5-7,12-13H,8-11H2,1-4H3,(H,16,17). The van der Waals surface area contributed by atoms with Crippen molar-refractivity contribution in [3.8, 4) is 0 Å². The summed E-state index contributed by atoms with van der Waals surface area (Å²) < 4.78 is 2.14. The van der Waals surface area contributed by atoms with Crippen molar-refractivity contribution in [1.82, 2.24) is 14.8 Å². The number of likely N-dealkylation sites (tertiary alicyclic amines) is 1. The first-order valence-electron chi connectivity index (χ1n) is 7.16. The van der Waals surface area contributed by atoms with Gasteiger partial charge in [0.1, 0.15) is 0 Å². The van der Waals surface area contributed by atoms with E-state index in [9.17, 15) is 0 Å². The quantitative estimate of drug-likeness (QED) is 0.654. The molecule has 1 aromatic heterocycles. The lowest BCUT2D eigenvalue weighted by molar-refractivity contribution is 0.208. The van der Waals surface area contributed by atoms with Crippen LogP contribution in [0.1, 0.15) is 26.0 Å². The molecule has 0 spiro atoms. The second kappa shape index (κ2) is 6.13. The first-order valence-corrected chi connectivity index (χ1v) is 7.16. The molecule has 0 amide bonds. The SMILES string of the molecule is CN=C(NCc1cccn1C)N1CC(C)CC(C)C1. The molecule has 0 saturated carbocycles. The van der Waals surface area contributed by atoms with Crippen molar-refractivity contribution < 1.29 is 0 Å². The molecular formula is C15H26N4. The molecule has 19 heavy (non-hydrogen) atoms. The summed E-state index contributed by atoms with van der Waals surface area (Å²) in [7, 11) is 3.95. The van der Waals surface area contributed by atoms with Crippen molar-refractivity contribution in [3.05, 3.63) is 24.0 Å². The van der Waals surface area contributed by atoms with Gasteiger partial charge in [-0.3, -0.25) is 4.99 Å². The van der Waals surface area contributed by atoms with Crippen LogP contribution in [0.15, 0.2) is 23.3 Å². The van der Waals surface area contributed by atoms with Crippen molar-refractivity contribution in [2.45, 2.75) is 26.8 Å². The maximum absolute atomic E-state index is 4.43. The summed E-state index contributed by atoms with van der Waals surface area (Å²) in [5.41, 5.74) is 1.28. The first-order chi connectivity index (χ1) is 9.10. The van der Waals surface area contributed by atoms with Gasteiger partial charge in [-0.25, -0.2) is 0 Å². The van der Waals surface area contributed by atoms with Gasteiger partial charge in [-0.1, -0.05) is 13.8 Å². The highest BCUT2D eigenvalue weighted by Gasteiger charge is 2.23. The van der Waals surface area contributed by atoms with Crippen molar-refractivity contribution in [3.63, 3.8) is 0 Å². The van der Waals surface area contributed by atoms with Crippen LogP contribution in [0.2, 0.25) is 0 Å². The lowest BCUT2D eigenvalue weighted by Gasteiger charge is -2.37. The zero-order valence-corrected chi connectivity index (χ0v) is 12.6. The van der Waals surface area contributed by atoms with E-state index >= 15 is 0 Å². The number of aryl methyl sites for hydroxylation is 1. The molecule has 1 aliphatic heterocycles. The fourth-order valence-electron chi connectivity index (χ4n) is 3.02. The Labute approximate surface area is 116 Å². The average Bonchev–Trinajstić information content (AvgIpc) is 2.75. The maximum Gasteiger partial charge on any atom is 0.193 e. The fraction of sp³-hybridized carbons (Fsp3) is 0.667. The molecule has 0 radical (unpaired) electrons. The Balaban J connectivity index is 1.95. The van der Waals surface area contributed by atoms with Crippen LogP contribution in [0.4, 0.5) is 0 Å². The van der Waals surface area contributed by atoms with Crippen LogP contribution >= 0.6 is 0 Å². The molecule has 4 heteroatoms. The lowest BCUT2D eigenvalue weighted by Crippen LogP contribution is -2.48. The zero-order valence-electron chi connectivity index (χ0n) is 12.6. The smallest absolute Gasteiger partial charge is 0.193 e. The third-order valence-corrected chi connectivity index (χ3v) is 3.86. The molecule has 2 rings (SSSR count). The van der Waals surface area contributed by atoms with Crippen LogP contribution in [0.5, 0.6) is 0 Å². The molecule has 0 bridgehead atoms. The highest BCUT2D eigenvalue weighted by Crippen LogP contribution is 2.20. The molecule has 4 nitrogen and oxygen atoms in total. The van der Waals surface area contributed by atoms with Gasteiger partial charge in [0.15, 0.2) is 5.96 Å². The number of aromatic nitrogens is 1. The highest BCUT2D eigenvalue weighted by molar-refractivity contribution is 5.79. The van der Waals surface area contributed by atoms with E-state index < -0.39 is 0 Å². The van der Waals surface area contributed by atoms with E-state index in [1.54, 1.807) is 0 Å². The van der Waals surface area contributed by atoms with Gasteiger partial charge < -0.3 is 14.8 Å². The molecule has 0 aromatic carbocycles. The third-order valence-electron chi connectivity index (χ3n) is 3.86. The Morgan fingerprint density at radius 3 is 2.58 bits per heavy atom. The van der Waals surface area contributed by atoms with E-state index in [4.69, 9.17) is 0 Å². The Morgan fingerprint density at radius 2 is 2.05 bits per heavy atom. The molecule has 1 saturated heterocycles. The van der Waals surface area contributed by atoms with Gasteiger partial charge in [-0.2, -0.15) is 0 Å². The normalized spacial score (nSPS) is 24.6. The average molecular weight is 262 g/mol. The monoisotopic (exact) mass is 262 g/mol. The minimum atomic E-state index is 0.748. The number of guanidine groups is 1. The van der Waals surface area contributed by atoms with E-state index in [1.807, 2.05) is 7.05 Å². The van der Waals surface area contributed by atoms with Crippen LogP contribution < -0.4 is 5.32 Å². The highest BCUT2D eigenvalue weighted by atomic mass is 15.3. The van der Waals surface area contributed by atoms with E-state index in [2.05, 4.69) is 59.0 Å². The van der Waals surface area contributed by atoms with Crippen LogP contribution in [-0.4, -0.2) is 35.6 Å². The van der Waals surface area contributed by atoms with Crippen molar-refractivity contribution in [1.29, 1.82) is 0 Å². The van der Waals surface area contributed by atoms with Gasteiger partial charge in [0.05, 0.1) is 6.54 Å².